The smallest absolute Gasteiger partial charge is 0.265 e. The van der Waals surface area contributed by atoms with E-state index in [-0.39, 0.29) is 30.7 Å². The lowest BCUT2D eigenvalue weighted by molar-refractivity contribution is -0.121. The predicted molar refractivity (Wildman–Crippen MR) is 119 cm³/mol. The van der Waals surface area contributed by atoms with Crippen LogP contribution in [0.5, 0.6) is 5.75 Å². The van der Waals surface area contributed by atoms with Gasteiger partial charge >= 0.3 is 0 Å². The van der Waals surface area contributed by atoms with Gasteiger partial charge in [0.25, 0.3) is 11.8 Å². The molecular formula is C24H27N3O5. The van der Waals surface area contributed by atoms with E-state index in [0.29, 0.717) is 29.1 Å². The second-order valence-corrected chi connectivity index (χ2v) is 7.92. The molecule has 0 bridgehead atoms. The zero-order chi connectivity index (χ0) is 22.5. The Kier molecular flexibility index (Phi) is 6.82. The Hall–Kier alpha value is -3.23. The molecule has 2 aliphatic heterocycles. The standard InChI is InChI=1S/C24H27N3O5/c1-17(28)19-5-6-22-21(14-19)27(23(29)16-32-22)15-18-3-2-4-20(13-18)24(30)25-7-8-26-9-11-31-12-10-26/h2-6,13-14H,7-12,15-16H2,1H3,(H,25,30). The van der Waals surface area contributed by atoms with E-state index in [1.807, 2.05) is 12.1 Å². The van der Waals surface area contributed by atoms with E-state index >= 15 is 0 Å². The second-order valence-electron chi connectivity index (χ2n) is 7.92. The van der Waals surface area contributed by atoms with Gasteiger partial charge in [-0.2, -0.15) is 0 Å². The maximum atomic E-state index is 12.6. The monoisotopic (exact) mass is 437 g/mol. The van der Waals surface area contributed by atoms with Crippen molar-refractivity contribution in [1.29, 1.82) is 0 Å². The first-order chi connectivity index (χ1) is 15.5. The minimum absolute atomic E-state index is 0.0614. The predicted octanol–water partition coefficient (Wildman–Crippen LogP) is 1.88. The van der Waals surface area contributed by atoms with Crippen molar-refractivity contribution >= 4 is 23.3 Å². The Balaban J connectivity index is 1.43. The SMILES string of the molecule is CC(=O)c1ccc2c(c1)N(Cc1cccc(C(=O)NCCN3CCOCC3)c1)C(=O)CO2. The number of amides is 2. The fourth-order valence-electron chi connectivity index (χ4n) is 3.84. The van der Waals surface area contributed by atoms with Crippen LogP contribution in [0.25, 0.3) is 0 Å². The molecule has 168 valence electrons. The number of rotatable bonds is 7. The number of ketones is 1. The van der Waals surface area contributed by atoms with Gasteiger partial charge in [-0.15, -0.1) is 0 Å². The molecule has 4 rings (SSSR count). The molecule has 0 aliphatic carbocycles. The first-order valence-electron chi connectivity index (χ1n) is 10.8. The van der Waals surface area contributed by atoms with Gasteiger partial charge < -0.3 is 19.7 Å². The van der Waals surface area contributed by atoms with Crippen molar-refractivity contribution in [2.45, 2.75) is 13.5 Å². The second kappa shape index (κ2) is 9.93. The molecule has 32 heavy (non-hydrogen) atoms. The highest BCUT2D eigenvalue weighted by Crippen LogP contribution is 2.34. The number of carbonyl (C=O) groups excluding carboxylic acids is 3. The molecule has 2 aromatic carbocycles. The van der Waals surface area contributed by atoms with Gasteiger partial charge in [0.2, 0.25) is 0 Å². The number of hydrogen-bond donors (Lipinski definition) is 1. The van der Waals surface area contributed by atoms with Crippen LogP contribution in [-0.2, 0) is 16.1 Å². The molecule has 0 atom stereocenters. The number of carbonyl (C=O) groups is 3. The fourth-order valence-corrected chi connectivity index (χ4v) is 3.84. The fraction of sp³-hybridized carbons (Fsp3) is 0.375. The number of Topliss-reactive ketones (excluding diaryl/α,β-unsaturated/α-hetero) is 1. The Bertz CT molecular complexity index is 1020. The van der Waals surface area contributed by atoms with Gasteiger partial charge in [0.15, 0.2) is 12.4 Å². The third-order valence-corrected chi connectivity index (χ3v) is 5.66. The van der Waals surface area contributed by atoms with Crippen LogP contribution < -0.4 is 15.0 Å². The lowest BCUT2D eigenvalue weighted by atomic mass is 10.1. The van der Waals surface area contributed by atoms with Crippen molar-refractivity contribution in [3.63, 3.8) is 0 Å². The molecule has 2 heterocycles. The highest BCUT2D eigenvalue weighted by atomic mass is 16.5. The van der Waals surface area contributed by atoms with Crippen LogP contribution in [0.3, 0.4) is 0 Å². The molecule has 0 unspecified atom stereocenters. The van der Waals surface area contributed by atoms with Crippen LogP contribution in [0.4, 0.5) is 5.69 Å². The first-order valence-corrected chi connectivity index (χ1v) is 10.8. The largest absolute Gasteiger partial charge is 0.482 e. The topological polar surface area (TPSA) is 88.2 Å². The summed E-state index contributed by atoms with van der Waals surface area (Å²) in [5.74, 6) is 0.138. The molecule has 0 saturated carbocycles. The van der Waals surface area contributed by atoms with Gasteiger partial charge in [0, 0.05) is 37.3 Å². The minimum Gasteiger partial charge on any atom is -0.482 e. The molecule has 8 nitrogen and oxygen atoms in total. The van der Waals surface area contributed by atoms with E-state index < -0.39 is 0 Å². The first kappa shape index (κ1) is 22.0. The molecule has 2 aromatic rings. The third kappa shape index (κ3) is 5.15. The maximum Gasteiger partial charge on any atom is 0.265 e. The number of nitrogens with one attached hydrogen (secondary N) is 1. The number of benzene rings is 2. The van der Waals surface area contributed by atoms with Gasteiger partial charge in [-0.25, -0.2) is 0 Å². The molecule has 2 aliphatic rings. The average Bonchev–Trinajstić information content (AvgIpc) is 2.81. The van der Waals surface area contributed by atoms with Crippen molar-refractivity contribution < 1.29 is 23.9 Å². The van der Waals surface area contributed by atoms with E-state index in [1.165, 1.54) is 6.92 Å². The maximum absolute atomic E-state index is 12.6. The van der Waals surface area contributed by atoms with Crippen molar-refractivity contribution in [2.24, 2.45) is 0 Å². The lowest BCUT2D eigenvalue weighted by Gasteiger charge is -2.30. The van der Waals surface area contributed by atoms with Crippen LogP contribution in [0, 0.1) is 0 Å². The summed E-state index contributed by atoms with van der Waals surface area (Å²) >= 11 is 0. The van der Waals surface area contributed by atoms with Gasteiger partial charge in [-0.3, -0.25) is 19.3 Å². The van der Waals surface area contributed by atoms with E-state index in [2.05, 4.69) is 10.2 Å². The molecular weight excluding hydrogens is 410 g/mol. The number of nitrogens with zero attached hydrogens (tertiary/aromatic N) is 2. The van der Waals surface area contributed by atoms with Crippen molar-refractivity contribution in [3.8, 4) is 5.75 Å². The van der Waals surface area contributed by atoms with Gasteiger partial charge in [-0.05, 0) is 42.8 Å². The van der Waals surface area contributed by atoms with Gasteiger partial charge in [0.05, 0.1) is 25.4 Å². The van der Waals surface area contributed by atoms with E-state index in [0.717, 1.165) is 38.4 Å². The zero-order valence-electron chi connectivity index (χ0n) is 18.1. The molecule has 0 spiro atoms. The Morgan fingerprint density at radius 1 is 1.06 bits per heavy atom. The Morgan fingerprint density at radius 2 is 1.88 bits per heavy atom. The number of ether oxygens (including phenoxy) is 2. The van der Waals surface area contributed by atoms with Crippen LogP contribution >= 0.6 is 0 Å². The molecule has 1 N–H and O–H groups in total. The van der Waals surface area contributed by atoms with Crippen LogP contribution in [0.1, 0.15) is 33.2 Å². The summed E-state index contributed by atoms with van der Waals surface area (Å²) in [4.78, 5) is 40.8. The summed E-state index contributed by atoms with van der Waals surface area (Å²) < 4.78 is 10.9. The molecule has 0 radical (unpaired) electrons. The third-order valence-electron chi connectivity index (χ3n) is 5.66. The normalized spacial score (nSPS) is 16.3. The molecule has 8 heteroatoms. The molecule has 0 aromatic heterocycles. The summed E-state index contributed by atoms with van der Waals surface area (Å²) in [6.07, 6.45) is 0. The summed E-state index contributed by atoms with van der Waals surface area (Å²) in [6.45, 7) is 6.27. The van der Waals surface area contributed by atoms with Crippen molar-refractivity contribution in [3.05, 3.63) is 59.2 Å². The number of morpholine rings is 1. The number of hydrogen-bond acceptors (Lipinski definition) is 6. The van der Waals surface area contributed by atoms with Gasteiger partial charge in [0.1, 0.15) is 5.75 Å². The van der Waals surface area contributed by atoms with Crippen LogP contribution in [-0.4, -0.2) is 68.5 Å². The Labute approximate surface area is 187 Å². The number of fused-ring (bicyclic) bond motifs is 1. The van der Waals surface area contributed by atoms with Crippen molar-refractivity contribution in [2.75, 3.05) is 50.9 Å². The van der Waals surface area contributed by atoms with E-state index in [1.54, 1.807) is 35.2 Å². The summed E-state index contributed by atoms with van der Waals surface area (Å²) in [7, 11) is 0. The highest BCUT2D eigenvalue weighted by molar-refractivity contribution is 6.01. The number of anilines is 1. The van der Waals surface area contributed by atoms with E-state index in [9.17, 15) is 14.4 Å². The van der Waals surface area contributed by atoms with Crippen LogP contribution in [0.15, 0.2) is 42.5 Å². The summed E-state index contributed by atoms with van der Waals surface area (Å²) in [6, 6.07) is 12.3. The molecule has 2 amide bonds. The Morgan fingerprint density at radius 3 is 2.66 bits per heavy atom. The summed E-state index contributed by atoms with van der Waals surface area (Å²) in [5, 5.41) is 2.96. The minimum atomic E-state index is -0.196. The van der Waals surface area contributed by atoms with Crippen molar-refractivity contribution in [1.82, 2.24) is 10.2 Å². The average molecular weight is 437 g/mol. The highest BCUT2D eigenvalue weighted by Gasteiger charge is 2.26. The zero-order valence-corrected chi connectivity index (χ0v) is 18.1. The lowest BCUT2D eigenvalue weighted by Crippen LogP contribution is -2.41. The molecule has 1 fully saturated rings. The molecule has 1 saturated heterocycles. The quantitative estimate of drug-likeness (QED) is 0.666. The van der Waals surface area contributed by atoms with Crippen LogP contribution in [0.2, 0.25) is 0 Å². The summed E-state index contributed by atoms with van der Waals surface area (Å²) in [5.41, 5.74) is 2.44. The van der Waals surface area contributed by atoms with E-state index in [4.69, 9.17) is 9.47 Å². The van der Waals surface area contributed by atoms with Gasteiger partial charge in [-0.1, -0.05) is 12.1 Å².